The Hall–Kier alpha value is -3.07. The van der Waals surface area contributed by atoms with Crippen molar-refractivity contribution in [3.8, 4) is 6.07 Å². The molecule has 1 aromatic heterocycles. The molecule has 0 unspecified atom stereocenters. The van der Waals surface area contributed by atoms with Crippen molar-refractivity contribution in [3.05, 3.63) is 47.7 Å². The number of nitriles is 1. The number of nitrogens with two attached hydrogens (primary N) is 1. The van der Waals surface area contributed by atoms with E-state index in [1.165, 1.54) is 13.2 Å². The monoisotopic (exact) mass is 282 g/mol. The third-order valence-corrected chi connectivity index (χ3v) is 3.00. The summed E-state index contributed by atoms with van der Waals surface area (Å²) >= 11 is 0. The number of methoxy groups -OCH3 is 1. The van der Waals surface area contributed by atoms with Crippen LogP contribution in [0.3, 0.4) is 0 Å². The van der Waals surface area contributed by atoms with Gasteiger partial charge >= 0.3 is 5.97 Å². The number of nitrogens with zero attached hydrogens (tertiary/aromatic N) is 3. The lowest BCUT2D eigenvalue weighted by atomic mass is 10.2. The normalized spacial score (nSPS) is 9.76. The number of carbonyl (C=O) groups excluding carboxylic acids is 1. The molecule has 0 aliphatic rings. The summed E-state index contributed by atoms with van der Waals surface area (Å²) in [4.78, 5) is 17.5. The molecule has 0 fully saturated rings. The summed E-state index contributed by atoms with van der Waals surface area (Å²) in [5.74, 6) is -0.0768. The van der Waals surface area contributed by atoms with Crippen molar-refractivity contribution in [2.45, 2.75) is 0 Å². The van der Waals surface area contributed by atoms with Crippen LogP contribution in [0.15, 0.2) is 36.4 Å². The van der Waals surface area contributed by atoms with E-state index >= 15 is 0 Å². The number of pyridine rings is 1. The van der Waals surface area contributed by atoms with E-state index < -0.39 is 5.97 Å². The van der Waals surface area contributed by atoms with E-state index in [0.29, 0.717) is 17.1 Å². The fraction of sp³-hybridized carbons (Fsp3) is 0.133. The molecular formula is C15H14N4O2. The van der Waals surface area contributed by atoms with Gasteiger partial charge in [-0.1, -0.05) is 0 Å². The summed E-state index contributed by atoms with van der Waals surface area (Å²) in [5.41, 5.74) is 7.91. The van der Waals surface area contributed by atoms with Gasteiger partial charge in [-0.15, -0.1) is 0 Å². The molecule has 106 valence electrons. The van der Waals surface area contributed by atoms with Crippen LogP contribution in [0.25, 0.3) is 0 Å². The Balaban J connectivity index is 2.39. The summed E-state index contributed by atoms with van der Waals surface area (Å²) in [6, 6.07) is 12.1. The van der Waals surface area contributed by atoms with Gasteiger partial charge in [0.1, 0.15) is 0 Å². The Bertz CT molecular complexity index is 705. The third-order valence-electron chi connectivity index (χ3n) is 3.00. The molecule has 2 N–H and O–H groups in total. The van der Waals surface area contributed by atoms with E-state index in [1.54, 1.807) is 42.3 Å². The maximum atomic E-state index is 11.5. The lowest BCUT2D eigenvalue weighted by Gasteiger charge is -2.20. The highest BCUT2D eigenvalue weighted by molar-refractivity contribution is 5.89. The highest BCUT2D eigenvalue weighted by atomic mass is 16.5. The second-order valence-corrected chi connectivity index (χ2v) is 4.32. The number of esters is 1. The molecule has 1 aromatic carbocycles. The lowest BCUT2D eigenvalue weighted by Crippen LogP contribution is -2.16. The van der Waals surface area contributed by atoms with Crippen LogP contribution in [0.4, 0.5) is 17.2 Å². The highest BCUT2D eigenvalue weighted by Crippen LogP contribution is 2.27. The average molecular weight is 282 g/mol. The fourth-order valence-corrected chi connectivity index (χ4v) is 1.83. The van der Waals surface area contributed by atoms with Crippen molar-refractivity contribution in [3.63, 3.8) is 0 Å². The second-order valence-electron chi connectivity index (χ2n) is 4.32. The number of rotatable bonds is 3. The van der Waals surface area contributed by atoms with Gasteiger partial charge in [-0.05, 0) is 36.4 Å². The SMILES string of the molecule is COC(=O)c1ccc(N)c(N(C)c2ccc(C#N)cc2)n1. The van der Waals surface area contributed by atoms with E-state index in [2.05, 4.69) is 15.8 Å². The van der Waals surface area contributed by atoms with Crippen LogP contribution in [0.2, 0.25) is 0 Å². The van der Waals surface area contributed by atoms with Crippen LogP contribution >= 0.6 is 0 Å². The molecule has 0 aliphatic heterocycles. The van der Waals surface area contributed by atoms with Gasteiger partial charge in [-0.2, -0.15) is 5.26 Å². The molecule has 2 aromatic rings. The van der Waals surface area contributed by atoms with E-state index in [4.69, 9.17) is 11.0 Å². The van der Waals surface area contributed by atoms with Crippen LogP contribution in [-0.4, -0.2) is 25.1 Å². The summed E-state index contributed by atoms with van der Waals surface area (Å²) in [5, 5.41) is 8.81. The van der Waals surface area contributed by atoms with Crippen molar-refractivity contribution in [1.82, 2.24) is 4.98 Å². The first-order valence-electron chi connectivity index (χ1n) is 6.15. The van der Waals surface area contributed by atoms with Crippen molar-refractivity contribution >= 4 is 23.2 Å². The van der Waals surface area contributed by atoms with Crippen molar-refractivity contribution < 1.29 is 9.53 Å². The van der Waals surface area contributed by atoms with Gasteiger partial charge < -0.3 is 15.4 Å². The van der Waals surface area contributed by atoms with E-state index in [-0.39, 0.29) is 5.69 Å². The van der Waals surface area contributed by atoms with Crippen molar-refractivity contribution in [2.75, 3.05) is 24.8 Å². The van der Waals surface area contributed by atoms with Crippen molar-refractivity contribution in [2.24, 2.45) is 0 Å². The molecule has 0 atom stereocenters. The molecule has 0 bridgehead atoms. The zero-order chi connectivity index (χ0) is 15.4. The summed E-state index contributed by atoms with van der Waals surface area (Å²) in [6.07, 6.45) is 0. The Morgan fingerprint density at radius 3 is 2.52 bits per heavy atom. The summed E-state index contributed by atoms with van der Waals surface area (Å²) in [6.45, 7) is 0. The van der Waals surface area contributed by atoms with Gasteiger partial charge in [0.25, 0.3) is 0 Å². The van der Waals surface area contributed by atoms with Crippen molar-refractivity contribution in [1.29, 1.82) is 5.26 Å². The first-order valence-corrected chi connectivity index (χ1v) is 6.15. The minimum Gasteiger partial charge on any atom is -0.464 e. The van der Waals surface area contributed by atoms with Crippen LogP contribution < -0.4 is 10.6 Å². The molecule has 0 saturated heterocycles. The fourth-order valence-electron chi connectivity index (χ4n) is 1.83. The first kappa shape index (κ1) is 14.3. The molecule has 0 spiro atoms. The molecule has 6 nitrogen and oxygen atoms in total. The molecule has 0 saturated carbocycles. The van der Waals surface area contributed by atoms with Crippen LogP contribution in [0, 0.1) is 11.3 Å². The Morgan fingerprint density at radius 1 is 1.29 bits per heavy atom. The van der Waals surface area contributed by atoms with Crippen LogP contribution in [-0.2, 0) is 4.74 Å². The van der Waals surface area contributed by atoms with Crippen LogP contribution in [0.5, 0.6) is 0 Å². The topological polar surface area (TPSA) is 92.2 Å². The van der Waals surface area contributed by atoms with Gasteiger partial charge in [-0.25, -0.2) is 9.78 Å². The molecule has 0 amide bonds. The second kappa shape index (κ2) is 5.92. The Labute approximate surface area is 122 Å². The maximum absolute atomic E-state index is 11.5. The Kier molecular flexibility index (Phi) is 4.05. The number of ether oxygens (including phenoxy) is 1. The molecular weight excluding hydrogens is 268 g/mol. The number of hydrogen-bond donors (Lipinski definition) is 1. The smallest absolute Gasteiger partial charge is 0.356 e. The zero-order valence-electron chi connectivity index (χ0n) is 11.7. The van der Waals surface area contributed by atoms with E-state index in [9.17, 15) is 4.79 Å². The van der Waals surface area contributed by atoms with Gasteiger partial charge in [0.05, 0.1) is 24.4 Å². The van der Waals surface area contributed by atoms with E-state index in [1.807, 2.05) is 0 Å². The largest absolute Gasteiger partial charge is 0.464 e. The average Bonchev–Trinajstić information content (AvgIpc) is 2.54. The van der Waals surface area contributed by atoms with Gasteiger partial charge in [0.15, 0.2) is 11.5 Å². The number of anilines is 3. The maximum Gasteiger partial charge on any atom is 0.356 e. The third kappa shape index (κ3) is 2.92. The molecule has 0 aliphatic carbocycles. The number of carbonyl (C=O) groups is 1. The summed E-state index contributed by atoms with van der Waals surface area (Å²) < 4.78 is 4.65. The number of nitrogen functional groups attached to an aromatic ring is 1. The number of benzene rings is 1. The predicted molar refractivity (Wildman–Crippen MR) is 79.2 cm³/mol. The van der Waals surface area contributed by atoms with Gasteiger partial charge in [0, 0.05) is 12.7 Å². The molecule has 2 rings (SSSR count). The lowest BCUT2D eigenvalue weighted by molar-refractivity contribution is 0.0594. The molecule has 0 radical (unpaired) electrons. The molecule has 1 heterocycles. The number of aromatic nitrogens is 1. The summed E-state index contributed by atoms with van der Waals surface area (Å²) in [7, 11) is 3.07. The number of hydrogen-bond acceptors (Lipinski definition) is 6. The van der Waals surface area contributed by atoms with Gasteiger partial charge in [0.2, 0.25) is 0 Å². The quantitative estimate of drug-likeness (QED) is 0.866. The van der Waals surface area contributed by atoms with Crippen LogP contribution in [0.1, 0.15) is 16.1 Å². The zero-order valence-corrected chi connectivity index (χ0v) is 11.7. The standard InChI is InChI=1S/C15H14N4O2/c1-19(11-5-3-10(9-16)4-6-11)14-12(17)7-8-13(18-14)15(20)21-2/h3-8H,17H2,1-2H3. The minimum absolute atomic E-state index is 0.183. The van der Waals surface area contributed by atoms with E-state index in [0.717, 1.165) is 5.69 Å². The highest BCUT2D eigenvalue weighted by Gasteiger charge is 2.14. The predicted octanol–water partition coefficient (Wildman–Crippen LogP) is 2.09. The Morgan fingerprint density at radius 2 is 1.95 bits per heavy atom. The first-order chi connectivity index (χ1) is 10.1. The molecule has 21 heavy (non-hydrogen) atoms. The minimum atomic E-state index is -0.524. The van der Waals surface area contributed by atoms with Gasteiger partial charge in [-0.3, -0.25) is 0 Å². The molecule has 6 heteroatoms.